The van der Waals surface area contributed by atoms with Gasteiger partial charge in [0.1, 0.15) is 11.5 Å². The molecule has 1 heterocycles. The number of nitrogens with zero attached hydrogens (tertiary/aromatic N) is 4. The van der Waals surface area contributed by atoms with Gasteiger partial charge in [-0.25, -0.2) is 4.68 Å². The Kier molecular flexibility index (Phi) is 5.30. The monoisotopic (exact) mass is 364 g/mol. The smallest absolute Gasteiger partial charge is 0.266 e. The van der Waals surface area contributed by atoms with Crippen molar-refractivity contribution in [1.82, 2.24) is 9.78 Å². The summed E-state index contributed by atoms with van der Waals surface area (Å²) in [5, 5.41) is 32.2. The lowest BCUT2D eigenvalue weighted by Gasteiger charge is -2.11. The fraction of sp³-hybridized carbons (Fsp3) is 0.200. The van der Waals surface area contributed by atoms with Crippen LogP contribution in [0.4, 0.5) is 5.69 Å². The molecule has 0 aliphatic carbocycles. The molecule has 27 heavy (non-hydrogen) atoms. The fourth-order valence-corrected chi connectivity index (χ4v) is 2.67. The van der Waals surface area contributed by atoms with Gasteiger partial charge in [0, 0.05) is 30.3 Å². The molecule has 1 unspecified atom stereocenters. The van der Waals surface area contributed by atoms with Crippen molar-refractivity contribution < 1.29 is 10.2 Å². The van der Waals surface area contributed by atoms with E-state index in [1.165, 1.54) is 22.9 Å². The third kappa shape index (κ3) is 4.20. The molecule has 0 bridgehead atoms. The Bertz CT molecular complexity index is 1030. The van der Waals surface area contributed by atoms with Gasteiger partial charge in [0.15, 0.2) is 0 Å². The van der Waals surface area contributed by atoms with E-state index in [-0.39, 0.29) is 23.1 Å². The third-order valence-electron chi connectivity index (χ3n) is 4.20. The lowest BCUT2D eigenvalue weighted by atomic mass is 10.0. The maximum Gasteiger partial charge on any atom is 0.266 e. The van der Waals surface area contributed by atoms with E-state index < -0.39 is 0 Å². The van der Waals surface area contributed by atoms with Crippen LogP contribution in [0.3, 0.4) is 0 Å². The van der Waals surface area contributed by atoms with Crippen molar-refractivity contribution in [2.45, 2.75) is 19.4 Å². The quantitative estimate of drug-likeness (QED) is 0.666. The molecule has 1 aromatic heterocycles. The molecule has 0 aliphatic rings. The first kappa shape index (κ1) is 18.3. The molecular weight excluding hydrogens is 344 g/mol. The summed E-state index contributed by atoms with van der Waals surface area (Å²) in [6.45, 7) is 1.95. The van der Waals surface area contributed by atoms with E-state index in [4.69, 9.17) is 0 Å². The molecule has 0 amide bonds. The van der Waals surface area contributed by atoms with Gasteiger partial charge in [-0.15, -0.1) is 0 Å². The predicted octanol–water partition coefficient (Wildman–Crippen LogP) is 4.09. The summed E-state index contributed by atoms with van der Waals surface area (Å²) >= 11 is 0. The van der Waals surface area contributed by atoms with Crippen molar-refractivity contribution in [3.05, 3.63) is 70.5 Å². The summed E-state index contributed by atoms with van der Waals surface area (Å²) in [6.07, 6.45) is 0.655. The third-order valence-corrected chi connectivity index (χ3v) is 4.20. The molecular formula is C20H20N4O3. The van der Waals surface area contributed by atoms with Crippen LogP contribution in [0, 0.1) is 0 Å². The molecule has 0 fully saturated rings. The number of benzene rings is 2. The summed E-state index contributed by atoms with van der Waals surface area (Å²) in [6, 6.07) is 14.7. The number of phenols is 2. The Hall–Kier alpha value is -3.48. The van der Waals surface area contributed by atoms with Crippen molar-refractivity contribution in [3.63, 3.8) is 0 Å². The van der Waals surface area contributed by atoms with Crippen molar-refractivity contribution in [2.75, 3.05) is 0 Å². The van der Waals surface area contributed by atoms with Crippen molar-refractivity contribution in [2.24, 2.45) is 17.3 Å². The molecule has 7 nitrogen and oxygen atoms in total. The molecule has 0 saturated carbocycles. The minimum Gasteiger partial charge on any atom is -0.508 e. The molecule has 7 heteroatoms. The average Bonchev–Trinajstić information content (AvgIpc) is 2.66. The Morgan fingerprint density at radius 2 is 1.81 bits per heavy atom. The SMILES string of the molecule is CCC(N=Nc1ccc(-c2ccc(=O)n(C)n2)cc1)c1ccc(O)cc1O. The zero-order chi connectivity index (χ0) is 19.4. The lowest BCUT2D eigenvalue weighted by Crippen LogP contribution is -2.18. The zero-order valence-electron chi connectivity index (χ0n) is 15.1. The van der Waals surface area contributed by atoms with Crippen molar-refractivity contribution in [1.29, 1.82) is 0 Å². The standard InChI is InChI=1S/C20H20N4O3/c1-3-17(16-9-8-15(25)12-19(16)26)22-21-14-6-4-13(5-7-14)18-10-11-20(27)24(2)23-18/h4-12,17,25-26H,3H2,1-2H3. The highest BCUT2D eigenvalue weighted by atomic mass is 16.3. The number of hydrogen-bond acceptors (Lipinski definition) is 6. The average molecular weight is 364 g/mol. The number of aromatic nitrogens is 2. The molecule has 2 aromatic carbocycles. The summed E-state index contributed by atoms with van der Waals surface area (Å²) < 4.78 is 1.29. The molecule has 0 saturated heterocycles. The van der Waals surface area contributed by atoms with Crippen LogP contribution < -0.4 is 5.56 Å². The van der Waals surface area contributed by atoms with E-state index in [9.17, 15) is 15.0 Å². The van der Waals surface area contributed by atoms with Crippen LogP contribution >= 0.6 is 0 Å². The van der Waals surface area contributed by atoms with Gasteiger partial charge in [-0.3, -0.25) is 4.79 Å². The number of phenolic OH excluding ortho intramolecular Hbond substituents is 2. The van der Waals surface area contributed by atoms with Gasteiger partial charge < -0.3 is 10.2 Å². The van der Waals surface area contributed by atoms with Crippen molar-refractivity contribution >= 4 is 5.69 Å². The van der Waals surface area contributed by atoms with Gasteiger partial charge in [0.05, 0.1) is 17.4 Å². The first-order chi connectivity index (χ1) is 13.0. The summed E-state index contributed by atoms with van der Waals surface area (Å²) in [4.78, 5) is 11.4. The Labute approximate surface area is 156 Å². The van der Waals surface area contributed by atoms with Crippen LogP contribution in [0.15, 0.2) is 69.6 Å². The molecule has 2 N–H and O–H groups in total. The number of rotatable bonds is 5. The minimum absolute atomic E-state index is 0.00286. The van der Waals surface area contributed by atoms with Crippen LogP contribution in [-0.2, 0) is 7.05 Å². The first-order valence-electron chi connectivity index (χ1n) is 8.55. The molecule has 0 spiro atoms. The van der Waals surface area contributed by atoms with E-state index in [0.29, 0.717) is 23.4 Å². The van der Waals surface area contributed by atoms with Crippen molar-refractivity contribution in [3.8, 4) is 22.8 Å². The molecule has 3 aromatic rings. The van der Waals surface area contributed by atoms with Crippen LogP contribution in [0.1, 0.15) is 24.9 Å². The zero-order valence-corrected chi connectivity index (χ0v) is 15.1. The van der Waals surface area contributed by atoms with E-state index in [0.717, 1.165) is 5.56 Å². The van der Waals surface area contributed by atoms with Gasteiger partial charge >= 0.3 is 0 Å². The highest BCUT2D eigenvalue weighted by Crippen LogP contribution is 2.33. The van der Waals surface area contributed by atoms with Gasteiger partial charge in [-0.2, -0.15) is 15.3 Å². The van der Waals surface area contributed by atoms with E-state index in [1.807, 2.05) is 31.2 Å². The first-order valence-corrected chi connectivity index (χ1v) is 8.55. The van der Waals surface area contributed by atoms with E-state index in [2.05, 4.69) is 15.3 Å². The number of aryl methyl sites for hydroxylation is 1. The Morgan fingerprint density at radius 1 is 1.07 bits per heavy atom. The second-order valence-electron chi connectivity index (χ2n) is 6.11. The predicted molar refractivity (Wildman–Crippen MR) is 102 cm³/mol. The van der Waals surface area contributed by atoms with Gasteiger partial charge in [-0.05, 0) is 36.8 Å². The van der Waals surface area contributed by atoms with E-state index in [1.54, 1.807) is 19.2 Å². The highest BCUT2D eigenvalue weighted by molar-refractivity contribution is 5.60. The van der Waals surface area contributed by atoms with Gasteiger partial charge in [-0.1, -0.05) is 19.1 Å². The molecule has 1 atom stereocenters. The fourth-order valence-electron chi connectivity index (χ4n) is 2.67. The highest BCUT2D eigenvalue weighted by Gasteiger charge is 2.13. The van der Waals surface area contributed by atoms with Gasteiger partial charge in [0.2, 0.25) is 0 Å². The van der Waals surface area contributed by atoms with Crippen LogP contribution in [0.2, 0.25) is 0 Å². The maximum absolute atomic E-state index is 11.4. The summed E-state index contributed by atoms with van der Waals surface area (Å²) in [5.74, 6) is 0.00237. The maximum atomic E-state index is 11.4. The molecule has 3 rings (SSSR count). The number of azo groups is 1. The number of hydrogen-bond donors (Lipinski definition) is 2. The minimum atomic E-state index is -0.310. The normalized spacial score (nSPS) is 12.4. The van der Waals surface area contributed by atoms with Crippen LogP contribution in [0.5, 0.6) is 11.5 Å². The Morgan fingerprint density at radius 3 is 2.44 bits per heavy atom. The second-order valence-corrected chi connectivity index (χ2v) is 6.11. The largest absolute Gasteiger partial charge is 0.508 e. The second kappa shape index (κ2) is 7.82. The summed E-state index contributed by atoms with van der Waals surface area (Å²) in [5.41, 5.74) is 2.69. The molecule has 0 radical (unpaired) electrons. The molecule has 138 valence electrons. The lowest BCUT2D eigenvalue weighted by molar-refractivity contribution is 0.440. The van der Waals surface area contributed by atoms with Crippen LogP contribution in [0.25, 0.3) is 11.3 Å². The molecule has 0 aliphatic heterocycles. The summed E-state index contributed by atoms with van der Waals surface area (Å²) in [7, 11) is 1.61. The van der Waals surface area contributed by atoms with Gasteiger partial charge in [0.25, 0.3) is 5.56 Å². The topological polar surface area (TPSA) is 100 Å². The Balaban J connectivity index is 1.80. The van der Waals surface area contributed by atoms with Crippen LogP contribution in [-0.4, -0.2) is 20.0 Å². The number of aromatic hydroxyl groups is 2. The van der Waals surface area contributed by atoms with E-state index >= 15 is 0 Å².